The molecular weight excluding hydrogens is 668 g/mol. The highest BCUT2D eigenvalue weighted by Gasteiger charge is 2.62. The van der Waals surface area contributed by atoms with Crippen LogP contribution in [0, 0.1) is 35.0 Å². The van der Waals surface area contributed by atoms with E-state index in [1.54, 1.807) is 0 Å². The molecule has 5 fully saturated rings. The molecule has 14 heteroatoms. The van der Waals surface area contributed by atoms with Crippen LogP contribution in [0.4, 0.5) is 0 Å². The molecule has 9 N–H and O–H groups in total. The van der Waals surface area contributed by atoms with E-state index in [1.807, 2.05) is 26.0 Å². The van der Waals surface area contributed by atoms with Gasteiger partial charge in [0, 0.05) is 11.3 Å². The maximum absolute atomic E-state index is 13.4. The quantitative estimate of drug-likeness (QED) is 0.0960. The summed E-state index contributed by atoms with van der Waals surface area (Å²) in [5.74, 6) is 0.285. The monoisotopic (exact) mass is 726 g/mol. The van der Waals surface area contributed by atoms with E-state index in [0.29, 0.717) is 32.1 Å². The molecule has 6 aliphatic rings. The number of carbonyl (C=O) groups is 1. The van der Waals surface area contributed by atoms with Gasteiger partial charge in [-0.2, -0.15) is 0 Å². The van der Waals surface area contributed by atoms with Crippen molar-refractivity contribution in [2.75, 3.05) is 13.2 Å². The minimum absolute atomic E-state index is 0.0490. The minimum Gasteiger partial charge on any atom is -0.394 e. The molecule has 0 radical (unpaired) electrons. The molecule has 0 bridgehead atoms. The summed E-state index contributed by atoms with van der Waals surface area (Å²) in [6, 6.07) is 0. The van der Waals surface area contributed by atoms with Gasteiger partial charge < -0.3 is 69.7 Å². The Labute approximate surface area is 298 Å². The first-order valence-electron chi connectivity index (χ1n) is 18.7. The van der Waals surface area contributed by atoms with E-state index in [4.69, 9.17) is 18.9 Å². The number of fused-ring (bicyclic) bond motifs is 5. The van der Waals surface area contributed by atoms with Crippen LogP contribution in [0.15, 0.2) is 23.3 Å². The Morgan fingerprint density at radius 1 is 0.843 bits per heavy atom. The molecule has 2 aliphatic heterocycles. The number of aldehydes is 1. The molecule has 0 spiro atoms. The fourth-order valence-corrected chi connectivity index (χ4v) is 10.5. The molecule has 0 aromatic heterocycles. The predicted molar refractivity (Wildman–Crippen MR) is 178 cm³/mol. The second-order valence-electron chi connectivity index (χ2n) is 16.2. The standard InChI is InChI=1S/C37H58O14/c1-17(2)11-21(48-35-33(46)31(44)29(42)26(14-38)50-35)6-3-18-4-7-23-22(18)9-10-37(16-40)24-8-5-20(41)12-19(24)13-25(28(23)37)49-36-34(47)32(45)30(43)27(15-39)51-36/h11,13,16,18,20-36,38-39,41-47H,3-10,12,14-15H2,1-2H3. The van der Waals surface area contributed by atoms with Crippen molar-refractivity contribution in [1.82, 2.24) is 0 Å². The average molecular weight is 727 g/mol. The summed E-state index contributed by atoms with van der Waals surface area (Å²) in [5, 5.41) is 93.0. The Balaban J connectivity index is 1.22. The van der Waals surface area contributed by atoms with Crippen LogP contribution < -0.4 is 0 Å². The lowest BCUT2D eigenvalue weighted by Crippen LogP contribution is -2.62. The summed E-state index contributed by atoms with van der Waals surface area (Å²) in [5.41, 5.74) is 1.18. The van der Waals surface area contributed by atoms with Gasteiger partial charge in [0.15, 0.2) is 12.6 Å². The van der Waals surface area contributed by atoms with E-state index in [2.05, 4.69) is 0 Å². The number of hydrogen-bond acceptors (Lipinski definition) is 14. The van der Waals surface area contributed by atoms with E-state index in [1.165, 1.54) is 0 Å². The molecule has 19 unspecified atom stereocenters. The lowest BCUT2D eigenvalue weighted by atomic mass is 9.47. The first-order chi connectivity index (χ1) is 24.3. The van der Waals surface area contributed by atoms with Crippen LogP contribution in [0.2, 0.25) is 0 Å². The minimum atomic E-state index is -1.61. The molecule has 4 aliphatic carbocycles. The summed E-state index contributed by atoms with van der Waals surface area (Å²) in [6.07, 6.45) is -4.56. The van der Waals surface area contributed by atoms with Crippen LogP contribution in [0.1, 0.15) is 71.6 Å². The van der Waals surface area contributed by atoms with Gasteiger partial charge >= 0.3 is 0 Å². The van der Waals surface area contributed by atoms with Crippen LogP contribution in [-0.4, -0.2) is 145 Å². The number of hydrogen-bond donors (Lipinski definition) is 9. The number of ether oxygens (including phenoxy) is 4. The topological polar surface area (TPSA) is 236 Å². The highest BCUT2D eigenvalue weighted by atomic mass is 16.7. The molecular formula is C37H58O14. The van der Waals surface area contributed by atoms with Crippen molar-refractivity contribution < 1.29 is 69.7 Å². The van der Waals surface area contributed by atoms with Crippen molar-refractivity contribution in [2.45, 2.75) is 151 Å². The third kappa shape index (κ3) is 7.51. The SMILES string of the molecule is CC(C)=CC(CCC1CCC2C1CCC1(C=O)C3CCC(O)CC3=CC(OC3OC(CO)C(O)C(O)C3O)C21)OC1OC(CO)C(O)C(O)C1O. The van der Waals surface area contributed by atoms with E-state index < -0.39 is 98.4 Å². The fraction of sp³-hybridized carbons (Fsp3) is 0.865. The highest BCUT2D eigenvalue weighted by molar-refractivity contribution is 5.64. The Morgan fingerprint density at radius 3 is 2.12 bits per heavy atom. The smallest absolute Gasteiger partial charge is 0.187 e. The normalized spacial score (nSPS) is 48.8. The van der Waals surface area contributed by atoms with Gasteiger partial charge in [-0.15, -0.1) is 0 Å². The summed E-state index contributed by atoms with van der Waals surface area (Å²) in [7, 11) is 0. The van der Waals surface area contributed by atoms with E-state index in [9.17, 15) is 50.8 Å². The summed E-state index contributed by atoms with van der Waals surface area (Å²) in [6.45, 7) is 2.72. The van der Waals surface area contributed by atoms with E-state index in [0.717, 1.165) is 43.1 Å². The molecule has 2 heterocycles. The van der Waals surface area contributed by atoms with Gasteiger partial charge in [-0.3, -0.25) is 0 Å². The lowest BCUT2D eigenvalue weighted by Gasteiger charge is -2.58. The highest BCUT2D eigenvalue weighted by Crippen LogP contribution is 2.64. The molecule has 290 valence electrons. The summed E-state index contributed by atoms with van der Waals surface area (Å²) in [4.78, 5) is 13.4. The third-order valence-electron chi connectivity index (χ3n) is 13.0. The zero-order valence-electron chi connectivity index (χ0n) is 29.5. The van der Waals surface area contributed by atoms with Gasteiger partial charge in [-0.05, 0) is 95.3 Å². The molecule has 2 saturated heterocycles. The van der Waals surface area contributed by atoms with Crippen molar-refractivity contribution in [1.29, 1.82) is 0 Å². The maximum Gasteiger partial charge on any atom is 0.187 e. The Morgan fingerprint density at radius 2 is 1.49 bits per heavy atom. The molecule has 3 saturated carbocycles. The van der Waals surface area contributed by atoms with Gasteiger partial charge in [-0.1, -0.05) is 23.3 Å². The molecule has 51 heavy (non-hydrogen) atoms. The van der Waals surface area contributed by atoms with Gasteiger partial charge in [0.25, 0.3) is 0 Å². The largest absolute Gasteiger partial charge is 0.394 e. The zero-order chi connectivity index (χ0) is 36.8. The number of aliphatic hydroxyl groups excluding tert-OH is 9. The van der Waals surface area contributed by atoms with Crippen LogP contribution in [0.3, 0.4) is 0 Å². The van der Waals surface area contributed by atoms with Crippen molar-refractivity contribution in [3.63, 3.8) is 0 Å². The number of rotatable bonds is 11. The fourth-order valence-electron chi connectivity index (χ4n) is 10.5. The molecule has 0 aromatic rings. The number of aliphatic hydroxyl groups is 9. The second-order valence-corrected chi connectivity index (χ2v) is 16.2. The van der Waals surface area contributed by atoms with E-state index in [-0.39, 0.29) is 29.6 Å². The van der Waals surface area contributed by atoms with Gasteiger partial charge in [0.05, 0.1) is 31.5 Å². The Kier molecular flexibility index (Phi) is 12.5. The lowest BCUT2D eigenvalue weighted by molar-refractivity contribution is -0.316. The van der Waals surface area contributed by atoms with Gasteiger partial charge in [0.2, 0.25) is 0 Å². The first-order valence-corrected chi connectivity index (χ1v) is 18.7. The summed E-state index contributed by atoms with van der Waals surface area (Å²) < 4.78 is 24.1. The maximum atomic E-state index is 13.4. The van der Waals surface area contributed by atoms with Crippen molar-refractivity contribution in [2.24, 2.45) is 35.0 Å². The predicted octanol–water partition coefficient (Wildman–Crippen LogP) is -0.558. The van der Waals surface area contributed by atoms with Gasteiger partial charge in [0.1, 0.15) is 55.1 Å². The zero-order valence-corrected chi connectivity index (χ0v) is 29.5. The molecule has 0 aromatic carbocycles. The first kappa shape index (κ1) is 39.3. The Hall–Kier alpha value is -1.37. The van der Waals surface area contributed by atoms with Gasteiger partial charge in [-0.25, -0.2) is 0 Å². The average Bonchev–Trinajstić information content (AvgIpc) is 3.53. The molecule has 19 atom stereocenters. The van der Waals surface area contributed by atoms with Crippen LogP contribution in [-0.2, 0) is 23.7 Å². The second kappa shape index (κ2) is 16.2. The molecule has 0 amide bonds. The van der Waals surface area contributed by atoms with Crippen molar-refractivity contribution in [3.8, 4) is 0 Å². The summed E-state index contributed by atoms with van der Waals surface area (Å²) >= 11 is 0. The third-order valence-corrected chi connectivity index (χ3v) is 13.0. The number of carbonyl (C=O) groups excluding carboxylic acids is 1. The molecule has 6 rings (SSSR count). The van der Waals surface area contributed by atoms with Crippen molar-refractivity contribution in [3.05, 3.63) is 23.3 Å². The number of allylic oxidation sites excluding steroid dienone is 1. The van der Waals surface area contributed by atoms with Crippen LogP contribution in [0.5, 0.6) is 0 Å². The van der Waals surface area contributed by atoms with Crippen LogP contribution in [0.25, 0.3) is 0 Å². The Bertz CT molecular complexity index is 1250. The van der Waals surface area contributed by atoms with E-state index >= 15 is 0 Å². The molecule has 14 nitrogen and oxygen atoms in total. The van der Waals surface area contributed by atoms with Crippen molar-refractivity contribution >= 4 is 6.29 Å². The van der Waals surface area contributed by atoms with Crippen LogP contribution >= 0.6 is 0 Å².